The van der Waals surface area contributed by atoms with Crippen molar-refractivity contribution in [3.8, 4) is 0 Å². The number of rotatable bonds is 5. The molecule has 5 heteroatoms. The first-order valence-corrected chi connectivity index (χ1v) is 13.2. The Morgan fingerprint density at radius 3 is 2.35 bits per heavy atom. The average molecular weight is 457 g/mol. The zero-order valence-corrected chi connectivity index (χ0v) is 20.1. The van der Waals surface area contributed by atoms with Crippen molar-refractivity contribution in [2.75, 3.05) is 39.3 Å². The van der Waals surface area contributed by atoms with Gasteiger partial charge in [0.05, 0.1) is 0 Å². The number of nitrogens with one attached hydrogen (secondary N) is 1. The van der Waals surface area contributed by atoms with Gasteiger partial charge in [0.25, 0.3) is 5.91 Å². The summed E-state index contributed by atoms with van der Waals surface area (Å²) in [6, 6.07) is 17.8. The van der Waals surface area contributed by atoms with E-state index in [4.69, 9.17) is 0 Å². The molecule has 0 bridgehead atoms. The van der Waals surface area contributed by atoms with Gasteiger partial charge in [0.15, 0.2) is 0 Å². The molecule has 5 nitrogen and oxygen atoms in total. The van der Waals surface area contributed by atoms with E-state index in [1.807, 2.05) is 11.0 Å². The Morgan fingerprint density at radius 2 is 1.65 bits per heavy atom. The van der Waals surface area contributed by atoms with Crippen molar-refractivity contribution in [1.82, 2.24) is 19.7 Å². The number of aromatic amines is 1. The molecule has 3 fully saturated rings. The van der Waals surface area contributed by atoms with Crippen molar-refractivity contribution in [1.29, 1.82) is 0 Å². The Hall–Kier alpha value is -2.63. The van der Waals surface area contributed by atoms with E-state index in [0.717, 1.165) is 62.7 Å². The van der Waals surface area contributed by atoms with Gasteiger partial charge in [-0.1, -0.05) is 42.8 Å². The number of aromatic nitrogens is 1. The predicted octanol–water partition coefficient (Wildman–Crippen LogP) is 4.86. The summed E-state index contributed by atoms with van der Waals surface area (Å²) in [5.41, 5.74) is 4.62. The molecule has 3 aliphatic rings. The van der Waals surface area contributed by atoms with Gasteiger partial charge in [0, 0.05) is 74.5 Å². The number of amides is 1. The summed E-state index contributed by atoms with van der Waals surface area (Å²) in [6.45, 7) is 7.36. The third-order valence-electron chi connectivity index (χ3n) is 8.46. The van der Waals surface area contributed by atoms with E-state index >= 15 is 0 Å². The van der Waals surface area contributed by atoms with Crippen LogP contribution >= 0.6 is 0 Å². The highest BCUT2D eigenvalue weighted by Gasteiger charge is 2.28. The lowest BCUT2D eigenvalue weighted by Crippen LogP contribution is -2.51. The monoisotopic (exact) mass is 456 g/mol. The molecule has 1 saturated carbocycles. The number of fused-ring (bicyclic) bond motifs is 1. The first kappa shape index (κ1) is 21.9. The molecule has 1 N–H and O–H groups in total. The first-order valence-electron chi connectivity index (χ1n) is 13.2. The van der Waals surface area contributed by atoms with Crippen LogP contribution in [0.5, 0.6) is 0 Å². The van der Waals surface area contributed by atoms with Crippen molar-refractivity contribution in [3.63, 3.8) is 0 Å². The highest BCUT2D eigenvalue weighted by molar-refractivity contribution is 5.98. The summed E-state index contributed by atoms with van der Waals surface area (Å²) in [4.78, 5) is 24.0. The number of piperazine rings is 1. The van der Waals surface area contributed by atoms with Crippen LogP contribution in [0.15, 0.2) is 54.7 Å². The van der Waals surface area contributed by atoms with E-state index in [9.17, 15) is 4.79 Å². The van der Waals surface area contributed by atoms with Crippen molar-refractivity contribution >= 4 is 16.8 Å². The Labute approximate surface area is 202 Å². The third-order valence-corrected chi connectivity index (χ3v) is 8.46. The molecule has 1 aliphatic carbocycles. The standard InChI is InChI=1S/C29H36N4O/c34-29(33-13-11-23(12-14-33)22-5-2-1-3-6-22)24-9-10-27-25(20-30-28(27)19-24)21-31-15-17-32(18-16-31)26-7-4-8-26/h1-3,5-6,9-10,19-20,23,26,30H,4,7-8,11-18,21H2. The molecule has 2 aromatic carbocycles. The van der Waals surface area contributed by atoms with Gasteiger partial charge >= 0.3 is 0 Å². The van der Waals surface area contributed by atoms with Gasteiger partial charge in [0.1, 0.15) is 0 Å². The SMILES string of the molecule is O=C(c1ccc2c(CN3CCN(C4CCC4)CC3)c[nH]c2c1)N1CCC(c2ccccc2)CC1. The number of piperidine rings is 1. The second-order valence-electron chi connectivity index (χ2n) is 10.4. The molecule has 1 amide bonds. The Kier molecular flexibility index (Phi) is 6.15. The quantitative estimate of drug-likeness (QED) is 0.596. The summed E-state index contributed by atoms with van der Waals surface area (Å²) in [7, 11) is 0. The van der Waals surface area contributed by atoms with Gasteiger partial charge in [-0.05, 0) is 54.9 Å². The van der Waals surface area contributed by atoms with Crippen LogP contribution in [0.3, 0.4) is 0 Å². The summed E-state index contributed by atoms with van der Waals surface area (Å²) in [5, 5.41) is 1.25. The molecule has 1 aromatic heterocycles. The number of carbonyl (C=O) groups excluding carboxylic acids is 1. The van der Waals surface area contributed by atoms with E-state index in [1.54, 1.807) is 0 Å². The Morgan fingerprint density at radius 1 is 0.882 bits per heavy atom. The Balaban J connectivity index is 1.07. The number of benzene rings is 2. The van der Waals surface area contributed by atoms with E-state index in [1.165, 1.54) is 48.9 Å². The number of nitrogens with zero attached hydrogens (tertiary/aromatic N) is 3. The van der Waals surface area contributed by atoms with Crippen molar-refractivity contribution in [3.05, 3.63) is 71.4 Å². The number of hydrogen-bond donors (Lipinski definition) is 1. The molecule has 0 radical (unpaired) electrons. The number of H-pyrrole nitrogens is 1. The largest absolute Gasteiger partial charge is 0.361 e. The molecule has 6 rings (SSSR count). The van der Waals surface area contributed by atoms with Crippen molar-refractivity contribution < 1.29 is 4.79 Å². The summed E-state index contributed by atoms with van der Waals surface area (Å²) in [6.07, 6.45) is 8.43. The number of likely N-dealkylation sites (tertiary alicyclic amines) is 1. The van der Waals surface area contributed by atoms with E-state index in [-0.39, 0.29) is 5.91 Å². The second kappa shape index (κ2) is 9.55. The molecule has 2 aliphatic heterocycles. The van der Waals surface area contributed by atoms with Crippen molar-refractivity contribution in [2.24, 2.45) is 0 Å². The zero-order valence-electron chi connectivity index (χ0n) is 20.1. The number of hydrogen-bond acceptors (Lipinski definition) is 3. The van der Waals surface area contributed by atoms with Crippen LogP contribution in [-0.2, 0) is 6.54 Å². The van der Waals surface area contributed by atoms with Gasteiger partial charge < -0.3 is 9.88 Å². The topological polar surface area (TPSA) is 42.6 Å². The molecular weight excluding hydrogens is 420 g/mol. The molecule has 0 spiro atoms. The average Bonchev–Trinajstić information content (AvgIpc) is 3.26. The molecule has 3 heterocycles. The van der Waals surface area contributed by atoms with Crippen molar-refractivity contribution in [2.45, 2.75) is 50.6 Å². The summed E-state index contributed by atoms with van der Waals surface area (Å²) < 4.78 is 0. The van der Waals surface area contributed by atoms with Crippen LogP contribution in [0.2, 0.25) is 0 Å². The van der Waals surface area contributed by atoms with Gasteiger partial charge in [-0.25, -0.2) is 0 Å². The van der Waals surface area contributed by atoms with Crippen LogP contribution in [0.4, 0.5) is 0 Å². The van der Waals surface area contributed by atoms with Gasteiger partial charge in [0.2, 0.25) is 0 Å². The highest BCUT2D eigenvalue weighted by atomic mass is 16.2. The maximum Gasteiger partial charge on any atom is 0.253 e. The van der Waals surface area contributed by atoms with Gasteiger partial charge in [-0.15, -0.1) is 0 Å². The minimum atomic E-state index is 0.164. The smallest absolute Gasteiger partial charge is 0.253 e. The summed E-state index contributed by atoms with van der Waals surface area (Å²) >= 11 is 0. The zero-order chi connectivity index (χ0) is 22.9. The van der Waals surface area contributed by atoms with Crippen LogP contribution in [0.25, 0.3) is 10.9 Å². The lowest BCUT2D eigenvalue weighted by Gasteiger charge is -2.43. The Bertz CT molecular complexity index is 1120. The fourth-order valence-corrected chi connectivity index (χ4v) is 6.05. The minimum Gasteiger partial charge on any atom is -0.361 e. The lowest BCUT2D eigenvalue weighted by molar-refractivity contribution is 0.0589. The maximum atomic E-state index is 13.2. The fourth-order valence-electron chi connectivity index (χ4n) is 6.05. The van der Waals surface area contributed by atoms with Crippen LogP contribution in [0, 0.1) is 0 Å². The summed E-state index contributed by atoms with van der Waals surface area (Å²) in [5.74, 6) is 0.728. The highest BCUT2D eigenvalue weighted by Crippen LogP contribution is 2.30. The van der Waals surface area contributed by atoms with E-state index in [0.29, 0.717) is 5.92 Å². The van der Waals surface area contributed by atoms with Crippen LogP contribution in [-0.4, -0.2) is 70.9 Å². The lowest BCUT2D eigenvalue weighted by atomic mass is 9.89. The minimum absolute atomic E-state index is 0.164. The van der Waals surface area contributed by atoms with Crippen LogP contribution < -0.4 is 0 Å². The molecule has 0 atom stereocenters. The molecule has 34 heavy (non-hydrogen) atoms. The maximum absolute atomic E-state index is 13.2. The molecule has 0 unspecified atom stereocenters. The van der Waals surface area contributed by atoms with Crippen LogP contribution in [0.1, 0.15) is 59.5 Å². The molecule has 3 aromatic rings. The molecular formula is C29H36N4O. The molecule has 2 saturated heterocycles. The number of carbonyl (C=O) groups is 1. The second-order valence-corrected chi connectivity index (χ2v) is 10.4. The molecule has 178 valence electrons. The van der Waals surface area contributed by atoms with Gasteiger partial charge in [-0.3, -0.25) is 14.6 Å². The first-order chi connectivity index (χ1) is 16.7. The van der Waals surface area contributed by atoms with E-state index < -0.39 is 0 Å². The van der Waals surface area contributed by atoms with Gasteiger partial charge in [-0.2, -0.15) is 0 Å². The predicted molar refractivity (Wildman–Crippen MR) is 137 cm³/mol. The fraction of sp³-hybridized carbons (Fsp3) is 0.483. The normalized spacial score (nSPS) is 21.1. The van der Waals surface area contributed by atoms with E-state index in [2.05, 4.69) is 63.4 Å². The third kappa shape index (κ3) is 4.39.